The highest BCUT2D eigenvalue weighted by Crippen LogP contribution is 2.28. The first kappa shape index (κ1) is 18.4. The molecule has 1 N–H and O–H groups in total. The van der Waals surface area contributed by atoms with Crippen LogP contribution in [-0.4, -0.2) is 36.2 Å². The number of fused-ring (bicyclic) bond motifs is 1. The Balaban J connectivity index is 1.56. The molecule has 27 heavy (non-hydrogen) atoms. The van der Waals surface area contributed by atoms with E-state index in [-0.39, 0.29) is 10.8 Å². The molecule has 1 saturated heterocycles. The van der Waals surface area contributed by atoms with Crippen LogP contribution in [0.1, 0.15) is 12.8 Å². The van der Waals surface area contributed by atoms with E-state index >= 15 is 0 Å². The van der Waals surface area contributed by atoms with Gasteiger partial charge in [0.25, 0.3) is 0 Å². The van der Waals surface area contributed by atoms with Crippen molar-refractivity contribution in [3.05, 3.63) is 53.0 Å². The zero-order valence-electron chi connectivity index (χ0n) is 14.1. The van der Waals surface area contributed by atoms with E-state index in [0.717, 1.165) is 10.2 Å². The molecule has 1 amide bonds. The van der Waals surface area contributed by atoms with E-state index in [4.69, 9.17) is 11.6 Å². The van der Waals surface area contributed by atoms with Crippen LogP contribution in [0.5, 0.6) is 0 Å². The van der Waals surface area contributed by atoms with Gasteiger partial charge in [0.15, 0.2) is 0 Å². The first-order chi connectivity index (χ1) is 12.9. The Labute approximate surface area is 165 Å². The third-order valence-corrected chi connectivity index (χ3v) is 7.49. The van der Waals surface area contributed by atoms with Crippen LogP contribution >= 0.6 is 22.9 Å². The fourth-order valence-corrected chi connectivity index (χ4v) is 5.69. The second kappa shape index (κ2) is 7.20. The second-order valence-corrected chi connectivity index (χ2v) is 9.47. The minimum absolute atomic E-state index is 0.137. The number of benzene rings is 2. The molecule has 1 fully saturated rings. The van der Waals surface area contributed by atoms with Crippen LogP contribution in [0.2, 0.25) is 5.02 Å². The van der Waals surface area contributed by atoms with Gasteiger partial charge in [0, 0.05) is 17.3 Å². The number of nitrogens with zero attached hydrogens (tertiary/aromatic N) is 2. The molecular formula is C18H16ClN3O3S2. The summed E-state index contributed by atoms with van der Waals surface area (Å²) >= 11 is 7.33. The van der Waals surface area contributed by atoms with Gasteiger partial charge in [0.05, 0.1) is 20.6 Å². The molecule has 1 aromatic heterocycles. The summed E-state index contributed by atoms with van der Waals surface area (Å²) in [5.74, 6) is -0.325. The first-order valence-electron chi connectivity index (χ1n) is 8.37. The van der Waals surface area contributed by atoms with Crippen LogP contribution in [0.15, 0.2) is 52.9 Å². The van der Waals surface area contributed by atoms with E-state index in [0.29, 0.717) is 30.1 Å². The zero-order chi connectivity index (χ0) is 19.0. The van der Waals surface area contributed by atoms with E-state index in [9.17, 15) is 13.2 Å². The maximum Gasteiger partial charge on any atom is 0.243 e. The van der Waals surface area contributed by atoms with Gasteiger partial charge in [-0.3, -0.25) is 4.79 Å². The Bertz CT molecular complexity index is 1100. The number of thiazole rings is 1. The summed E-state index contributed by atoms with van der Waals surface area (Å²) in [6, 6.07) is 10.7. The molecule has 3 aromatic rings. The smallest absolute Gasteiger partial charge is 0.243 e. The van der Waals surface area contributed by atoms with Crippen molar-refractivity contribution in [2.45, 2.75) is 23.8 Å². The van der Waals surface area contributed by atoms with E-state index < -0.39 is 16.1 Å². The van der Waals surface area contributed by atoms with Gasteiger partial charge in [-0.25, -0.2) is 13.4 Å². The fourth-order valence-electron chi connectivity index (χ4n) is 3.19. The van der Waals surface area contributed by atoms with Crippen molar-refractivity contribution in [2.75, 3.05) is 11.9 Å². The topological polar surface area (TPSA) is 79.4 Å². The number of sulfonamides is 1. The van der Waals surface area contributed by atoms with Crippen LogP contribution in [0.4, 0.5) is 5.69 Å². The molecule has 140 valence electrons. The Morgan fingerprint density at radius 2 is 2.00 bits per heavy atom. The number of nitrogens with one attached hydrogen (secondary N) is 1. The van der Waals surface area contributed by atoms with Gasteiger partial charge < -0.3 is 5.32 Å². The summed E-state index contributed by atoms with van der Waals surface area (Å²) in [4.78, 5) is 17.1. The Morgan fingerprint density at radius 1 is 1.22 bits per heavy atom. The number of hydrogen-bond acceptors (Lipinski definition) is 5. The van der Waals surface area contributed by atoms with Crippen molar-refractivity contribution in [3.8, 4) is 0 Å². The molecule has 1 atom stereocenters. The van der Waals surface area contributed by atoms with E-state index in [1.807, 2.05) is 12.1 Å². The van der Waals surface area contributed by atoms with Gasteiger partial charge in [-0.05, 0) is 55.3 Å². The maximum absolute atomic E-state index is 12.9. The third-order valence-electron chi connectivity index (χ3n) is 4.53. The minimum Gasteiger partial charge on any atom is -0.325 e. The second-order valence-electron chi connectivity index (χ2n) is 6.25. The normalized spacial score (nSPS) is 18.0. The van der Waals surface area contributed by atoms with Crippen molar-refractivity contribution in [1.29, 1.82) is 0 Å². The number of hydrogen-bond donors (Lipinski definition) is 1. The molecule has 2 heterocycles. The van der Waals surface area contributed by atoms with Crippen LogP contribution in [-0.2, 0) is 14.8 Å². The van der Waals surface area contributed by atoms with E-state index in [1.165, 1.54) is 39.9 Å². The van der Waals surface area contributed by atoms with Gasteiger partial charge in [0.2, 0.25) is 15.9 Å². The average Bonchev–Trinajstić information content (AvgIpc) is 3.31. The highest BCUT2D eigenvalue weighted by atomic mass is 35.5. The van der Waals surface area contributed by atoms with Crippen molar-refractivity contribution in [1.82, 2.24) is 9.29 Å². The lowest BCUT2D eigenvalue weighted by Crippen LogP contribution is -2.43. The predicted molar refractivity (Wildman–Crippen MR) is 107 cm³/mol. The molecule has 0 aliphatic carbocycles. The fraction of sp³-hybridized carbons (Fsp3) is 0.222. The van der Waals surface area contributed by atoms with Crippen LogP contribution in [0, 0.1) is 0 Å². The van der Waals surface area contributed by atoms with Gasteiger partial charge in [-0.2, -0.15) is 4.31 Å². The molecule has 4 rings (SSSR count). The first-order valence-corrected chi connectivity index (χ1v) is 11.1. The Kier molecular flexibility index (Phi) is 4.90. The van der Waals surface area contributed by atoms with Crippen LogP contribution < -0.4 is 5.32 Å². The lowest BCUT2D eigenvalue weighted by atomic mass is 10.2. The van der Waals surface area contributed by atoms with Crippen LogP contribution in [0.3, 0.4) is 0 Å². The highest BCUT2D eigenvalue weighted by Gasteiger charge is 2.39. The van der Waals surface area contributed by atoms with Crippen LogP contribution in [0.25, 0.3) is 10.2 Å². The molecule has 9 heteroatoms. The molecule has 1 aliphatic rings. The van der Waals surface area contributed by atoms with E-state index in [2.05, 4.69) is 10.3 Å². The maximum atomic E-state index is 12.9. The molecule has 2 aromatic carbocycles. The van der Waals surface area contributed by atoms with Gasteiger partial charge >= 0.3 is 0 Å². The van der Waals surface area contributed by atoms with Gasteiger partial charge in [-0.15, -0.1) is 11.3 Å². The number of carbonyl (C=O) groups excluding carboxylic acids is 1. The number of rotatable bonds is 4. The predicted octanol–water partition coefficient (Wildman–Crippen LogP) is 3.74. The molecule has 0 spiro atoms. The standard InChI is InChI=1S/C18H16ClN3O3S2/c19-12-3-6-14(7-4-12)27(24,25)22-9-1-2-16(22)18(23)21-13-5-8-15-17(10-13)26-11-20-15/h3-8,10-11,16H,1-2,9H2,(H,21,23). The summed E-state index contributed by atoms with van der Waals surface area (Å²) in [6.07, 6.45) is 1.13. The number of carbonyl (C=O) groups is 1. The monoisotopic (exact) mass is 421 g/mol. The third kappa shape index (κ3) is 3.58. The Morgan fingerprint density at radius 3 is 2.78 bits per heavy atom. The lowest BCUT2D eigenvalue weighted by Gasteiger charge is -2.23. The average molecular weight is 422 g/mol. The summed E-state index contributed by atoms with van der Waals surface area (Å²) < 4.78 is 28.1. The number of aromatic nitrogens is 1. The van der Waals surface area contributed by atoms with Crippen molar-refractivity contribution in [2.24, 2.45) is 0 Å². The largest absolute Gasteiger partial charge is 0.325 e. The number of amides is 1. The molecule has 0 bridgehead atoms. The van der Waals surface area contributed by atoms with E-state index in [1.54, 1.807) is 11.6 Å². The number of anilines is 1. The van der Waals surface area contributed by atoms with Gasteiger partial charge in [-0.1, -0.05) is 11.6 Å². The summed E-state index contributed by atoms with van der Waals surface area (Å²) in [7, 11) is -3.76. The molecule has 6 nitrogen and oxygen atoms in total. The molecule has 0 radical (unpaired) electrons. The molecular weight excluding hydrogens is 406 g/mol. The van der Waals surface area contributed by atoms with Crippen molar-refractivity contribution in [3.63, 3.8) is 0 Å². The SMILES string of the molecule is O=C(Nc1ccc2ncsc2c1)C1CCCN1S(=O)(=O)c1ccc(Cl)cc1. The highest BCUT2D eigenvalue weighted by molar-refractivity contribution is 7.89. The molecule has 0 saturated carbocycles. The minimum atomic E-state index is -3.76. The van der Waals surface area contributed by atoms with Crippen molar-refractivity contribution >= 4 is 54.8 Å². The van der Waals surface area contributed by atoms with Gasteiger partial charge in [0.1, 0.15) is 6.04 Å². The zero-order valence-corrected chi connectivity index (χ0v) is 16.5. The summed E-state index contributed by atoms with van der Waals surface area (Å²) in [5.41, 5.74) is 3.24. The number of halogens is 1. The van der Waals surface area contributed by atoms with Crippen molar-refractivity contribution < 1.29 is 13.2 Å². The quantitative estimate of drug-likeness (QED) is 0.695. The summed E-state index contributed by atoms with van der Waals surface area (Å²) in [5, 5.41) is 3.30. The molecule has 1 aliphatic heterocycles. The molecule has 1 unspecified atom stereocenters. The Hall–Kier alpha value is -2.00. The summed E-state index contributed by atoms with van der Waals surface area (Å²) in [6.45, 7) is 0.316. The lowest BCUT2D eigenvalue weighted by molar-refractivity contribution is -0.119.